The van der Waals surface area contributed by atoms with Crippen LogP contribution in [-0.2, 0) is 11.4 Å². The second-order valence-electron chi connectivity index (χ2n) is 5.88. The molecule has 4 nitrogen and oxygen atoms in total. The normalized spacial score (nSPS) is 15.4. The van der Waals surface area contributed by atoms with Crippen LogP contribution in [-0.4, -0.2) is 28.8 Å². The molecule has 0 radical (unpaired) electrons. The predicted octanol–water partition coefficient (Wildman–Crippen LogP) is 5.75. The standard InChI is InChI=1S/C20H17ClINO3S2/c1-3-23-19(24)17(28-20(23)27)10-13-8-15(22)18(16(9-13)25-2)26-11-12-4-6-14(21)7-5-12/h4-10H,3,11H2,1-2H3/b17-10-. The van der Waals surface area contributed by atoms with E-state index in [1.807, 2.05) is 49.4 Å². The van der Waals surface area contributed by atoms with E-state index in [1.165, 1.54) is 11.8 Å². The molecule has 1 aliphatic rings. The third-order valence-corrected chi connectivity index (χ3v) is 6.47. The molecule has 0 atom stereocenters. The second kappa shape index (κ2) is 9.47. The maximum atomic E-state index is 12.4. The number of ether oxygens (including phenoxy) is 2. The topological polar surface area (TPSA) is 38.8 Å². The molecular formula is C20H17ClINO3S2. The highest BCUT2D eigenvalue weighted by atomic mass is 127. The number of rotatable bonds is 6. The van der Waals surface area contributed by atoms with Gasteiger partial charge >= 0.3 is 0 Å². The second-order valence-corrected chi connectivity index (χ2v) is 9.15. The van der Waals surface area contributed by atoms with Gasteiger partial charge in [-0.15, -0.1) is 0 Å². The first kappa shape index (κ1) is 21.4. The summed E-state index contributed by atoms with van der Waals surface area (Å²) in [6.07, 6.45) is 1.84. The Morgan fingerprint density at radius 1 is 1.29 bits per heavy atom. The first-order valence-corrected chi connectivity index (χ1v) is 11.1. The molecular weight excluding hydrogens is 529 g/mol. The predicted molar refractivity (Wildman–Crippen MR) is 127 cm³/mol. The highest BCUT2D eigenvalue weighted by molar-refractivity contribution is 14.1. The van der Waals surface area contributed by atoms with E-state index in [9.17, 15) is 4.79 Å². The van der Waals surface area contributed by atoms with Crippen LogP contribution in [0.3, 0.4) is 0 Å². The Hall–Kier alpha value is -1.29. The Kier molecular flexibility index (Phi) is 7.25. The number of likely N-dealkylation sites (N-methyl/N-ethyl adjacent to an activating group) is 1. The highest BCUT2D eigenvalue weighted by Gasteiger charge is 2.30. The molecule has 1 saturated heterocycles. The van der Waals surface area contributed by atoms with Crippen LogP contribution in [0.2, 0.25) is 5.02 Å². The maximum absolute atomic E-state index is 12.4. The zero-order chi connectivity index (χ0) is 20.3. The number of thiocarbonyl (C=S) groups is 1. The SMILES string of the molecule is CCN1C(=O)/C(=C/c2cc(I)c(OCc3ccc(Cl)cc3)c(OC)c2)SC1=S. The molecule has 0 saturated carbocycles. The lowest BCUT2D eigenvalue weighted by molar-refractivity contribution is -0.121. The minimum Gasteiger partial charge on any atom is -0.493 e. The van der Waals surface area contributed by atoms with Crippen LogP contribution in [0.15, 0.2) is 41.3 Å². The minimum absolute atomic E-state index is 0.0606. The Morgan fingerprint density at radius 3 is 2.61 bits per heavy atom. The van der Waals surface area contributed by atoms with Crippen LogP contribution in [0.1, 0.15) is 18.1 Å². The molecule has 146 valence electrons. The molecule has 0 N–H and O–H groups in total. The average molecular weight is 546 g/mol. The summed E-state index contributed by atoms with van der Waals surface area (Å²) in [5.74, 6) is 1.21. The van der Waals surface area contributed by atoms with Crippen molar-refractivity contribution in [3.05, 3.63) is 61.0 Å². The fourth-order valence-electron chi connectivity index (χ4n) is 2.62. The highest BCUT2D eigenvalue weighted by Crippen LogP contribution is 2.37. The molecule has 0 spiro atoms. The summed E-state index contributed by atoms with van der Waals surface area (Å²) in [4.78, 5) is 14.6. The van der Waals surface area contributed by atoms with E-state index >= 15 is 0 Å². The number of carbonyl (C=O) groups is 1. The van der Waals surface area contributed by atoms with Gasteiger partial charge in [-0.25, -0.2) is 0 Å². The van der Waals surface area contributed by atoms with Crippen molar-refractivity contribution in [2.75, 3.05) is 13.7 Å². The molecule has 0 aliphatic carbocycles. The van der Waals surface area contributed by atoms with E-state index in [0.29, 0.717) is 38.9 Å². The lowest BCUT2D eigenvalue weighted by atomic mass is 10.1. The van der Waals surface area contributed by atoms with Gasteiger partial charge in [0.15, 0.2) is 11.5 Å². The van der Waals surface area contributed by atoms with Crippen LogP contribution in [0.25, 0.3) is 6.08 Å². The summed E-state index contributed by atoms with van der Waals surface area (Å²) in [7, 11) is 1.60. The van der Waals surface area contributed by atoms with E-state index in [-0.39, 0.29) is 5.91 Å². The van der Waals surface area contributed by atoms with E-state index < -0.39 is 0 Å². The van der Waals surface area contributed by atoms with Crippen molar-refractivity contribution in [3.63, 3.8) is 0 Å². The first-order valence-electron chi connectivity index (χ1n) is 8.43. The number of benzene rings is 2. The van der Waals surface area contributed by atoms with Crippen LogP contribution in [0.5, 0.6) is 11.5 Å². The fraction of sp³-hybridized carbons (Fsp3) is 0.200. The van der Waals surface area contributed by atoms with E-state index in [2.05, 4.69) is 22.6 Å². The number of halogens is 2. The molecule has 1 amide bonds. The van der Waals surface area contributed by atoms with Gasteiger partial charge in [0.2, 0.25) is 0 Å². The molecule has 2 aromatic carbocycles. The Morgan fingerprint density at radius 2 is 2.00 bits per heavy atom. The molecule has 2 aromatic rings. The van der Waals surface area contributed by atoms with Crippen LogP contribution in [0.4, 0.5) is 0 Å². The van der Waals surface area contributed by atoms with Crippen molar-refractivity contribution >= 4 is 74.5 Å². The van der Waals surface area contributed by atoms with Gasteiger partial charge in [0.25, 0.3) is 5.91 Å². The van der Waals surface area contributed by atoms with E-state index in [1.54, 1.807) is 12.0 Å². The van der Waals surface area contributed by atoms with Crippen LogP contribution in [0, 0.1) is 3.57 Å². The molecule has 1 fully saturated rings. The van der Waals surface area contributed by atoms with Gasteiger partial charge in [-0.2, -0.15) is 0 Å². The van der Waals surface area contributed by atoms with Crippen molar-refractivity contribution in [2.24, 2.45) is 0 Å². The summed E-state index contributed by atoms with van der Waals surface area (Å²) in [6.45, 7) is 2.88. The average Bonchev–Trinajstić information content (AvgIpc) is 2.94. The number of hydrogen-bond donors (Lipinski definition) is 0. The number of methoxy groups -OCH3 is 1. The Labute approximate surface area is 192 Å². The zero-order valence-electron chi connectivity index (χ0n) is 15.2. The molecule has 3 rings (SSSR count). The molecule has 0 unspecified atom stereocenters. The number of hydrogen-bond acceptors (Lipinski definition) is 5. The quantitative estimate of drug-likeness (QED) is 0.262. The van der Waals surface area contributed by atoms with E-state index in [4.69, 9.17) is 33.3 Å². The Balaban J connectivity index is 1.83. The number of carbonyl (C=O) groups excluding carboxylic acids is 1. The molecule has 1 aliphatic heterocycles. The largest absolute Gasteiger partial charge is 0.493 e. The summed E-state index contributed by atoms with van der Waals surface area (Å²) in [5.41, 5.74) is 1.87. The van der Waals surface area contributed by atoms with Crippen molar-refractivity contribution < 1.29 is 14.3 Å². The van der Waals surface area contributed by atoms with Gasteiger partial charge in [0.1, 0.15) is 10.9 Å². The first-order chi connectivity index (χ1) is 13.4. The summed E-state index contributed by atoms with van der Waals surface area (Å²) >= 11 is 14.7. The van der Waals surface area contributed by atoms with Crippen molar-refractivity contribution in [1.82, 2.24) is 4.90 Å². The molecule has 1 heterocycles. The molecule has 8 heteroatoms. The fourth-order valence-corrected chi connectivity index (χ4v) is 4.91. The summed E-state index contributed by atoms with van der Waals surface area (Å²) in [6, 6.07) is 11.3. The minimum atomic E-state index is -0.0606. The van der Waals surface area contributed by atoms with E-state index in [0.717, 1.165) is 14.7 Å². The maximum Gasteiger partial charge on any atom is 0.266 e. The lowest BCUT2D eigenvalue weighted by Gasteiger charge is -2.14. The van der Waals surface area contributed by atoms with Crippen molar-refractivity contribution in [1.29, 1.82) is 0 Å². The van der Waals surface area contributed by atoms with Crippen molar-refractivity contribution in [3.8, 4) is 11.5 Å². The zero-order valence-corrected chi connectivity index (χ0v) is 19.7. The van der Waals surface area contributed by atoms with Gasteiger partial charge < -0.3 is 9.47 Å². The number of nitrogens with zero attached hydrogens (tertiary/aromatic N) is 1. The number of thioether (sulfide) groups is 1. The van der Waals surface area contributed by atoms with Crippen molar-refractivity contribution in [2.45, 2.75) is 13.5 Å². The molecule has 28 heavy (non-hydrogen) atoms. The van der Waals surface area contributed by atoms with Gasteiger partial charge in [-0.05, 0) is 71.0 Å². The van der Waals surface area contributed by atoms with Crippen LogP contribution >= 0.6 is 58.2 Å². The summed E-state index contributed by atoms with van der Waals surface area (Å²) < 4.78 is 13.0. The smallest absolute Gasteiger partial charge is 0.266 e. The van der Waals surface area contributed by atoms with Gasteiger partial charge in [0.05, 0.1) is 15.6 Å². The molecule has 0 aromatic heterocycles. The Bertz CT molecular complexity index is 947. The summed E-state index contributed by atoms with van der Waals surface area (Å²) in [5, 5.41) is 0.689. The van der Waals surface area contributed by atoms with Gasteiger partial charge in [0, 0.05) is 11.6 Å². The number of amides is 1. The molecule has 0 bridgehead atoms. The lowest BCUT2D eigenvalue weighted by Crippen LogP contribution is -2.27. The van der Waals surface area contributed by atoms with Gasteiger partial charge in [-0.1, -0.05) is 47.7 Å². The van der Waals surface area contributed by atoms with Gasteiger partial charge in [-0.3, -0.25) is 9.69 Å². The third kappa shape index (κ3) is 4.82. The third-order valence-electron chi connectivity index (χ3n) is 4.04. The van der Waals surface area contributed by atoms with Crippen LogP contribution < -0.4 is 9.47 Å². The monoisotopic (exact) mass is 545 g/mol.